The van der Waals surface area contributed by atoms with Gasteiger partial charge in [0.2, 0.25) is 5.95 Å². The van der Waals surface area contributed by atoms with Crippen LogP contribution in [0.3, 0.4) is 0 Å². The minimum absolute atomic E-state index is 0.0677. The maximum atomic E-state index is 14.5. The van der Waals surface area contributed by atoms with Crippen molar-refractivity contribution in [3.8, 4) is 11.1 Å². The van der Waals surface area contributed by atoms with Gasteiger partial charge < -0.3 is 10.8 Å². The van der Waals surface area contributed by atoms with Crippen molar-refractivity contribution < 1.29 is 9.50 Å². The fourth-order valence-electron chi connectivity index (χ4n) is 2.62. The average Bonchev–Trinajstić information content (AvgIpc) is 2.96. The standard InChI is InChI=1S/C18H19FN4O/c1-12(17-21-18(20)23(22-17)9-10-24)14-7-8-15(16(19)11-14)13-5-3-2-4-6-13/h2-8,11-12,24H,9-10H2,1H3,(H2,20,21,22). The molecule has 0 spiro atoms. The SMILES string of the molecule is CC(c1ccc(-c2ccccc2)c(F)c1)c1nc(N)n(CCO)n1. The molecule has 5 nitrogen and oxygen atoms in total. The monoisotopic (exact) mass is 326 g/mol. The van der Waals surface area contributed by atoms with E-state index in [1.54, 1.807) is 6.07 Å². The van der Waals surface area contributed by atoms with E-state index in [0.717, 1.165) is 11.1 Å². The number of hydrogen-bond donors (Lipinski definition) is 2. The van der Waals surface area contributed by atoms with Crippen LogP contribution in [0.5, 0.6) is 0 Å². The van der Waals surface area contributed by atoms with Crippen molar-refractivity contribution >= 4 is 5.95 Å². The van der Waals surface area contributed by atoms with Crippen LogP contribution in [0.2, 0.25) is 0 Å². The van der Waals surface area contributed by atoms with Crippen molar-refractivity contribution in [2.24, 2.45) is 0 Å². The minimum Gasteiger partial charge on any atom is -0.394 e. The zero-order chi connectivity index (χ0) is 17.1. The summed E-state index contributed by atoms with van der Waals surface area (Å²) in [6, 6.07) is 14.6. The Bertz CT molecular complexity index is 832. The molecule has 0 saturated carbocycles. The van der Waals surface area contributed by atoms with Gasteiger partial charge in [-0.05, 0) is 17.2 Å². The Hall–Kier alpha value is -2.73. The van der Waals surface area contributed by atoms with E-state index in [2.05, 4.69) is 10.1 Å². The number of hydrogen-bond acceptors (Lipinski definition) is 4. The predicted octanol–water partition coefficient (Wildman–Crippen LogP) is 2.81. The van der Waals surface area contributed by atoms with E-state index in [1.807, 2.05) is 43.3 Å². The highest BCUT2D eigenvalue weighted by Crippen LogP contribution is 2.28. The van der Waals surface area contributed by atoms with Gasteiger partial charge in [0, 0.05) is 11.5 Å². The topological polar surface area (TPSA) is 77.0 Å². The number of anilines is 1. The quantitative estimate of drug-likeness (QED) is 0.756. The van der Waals surface area contributed by atoms with E-state index in [4.69, 9.17) is 10.8 Å². The molecule has 3 N–H and O–H groups in total. The first kappa shape index (κ1) is 16.1. The lowest BCUT2D eigenvalue weighted by Gasteiger charge is -2.10. The van der Waals surface area contributed by atoms with E-state index in [-0.39, 0.29) is 30.8 Å². The van der Waals surface area contributed by atoms with Crippen LogP contribution < -0.4 is 5.73 Å². The summed E-state index contributed by atoms with van der Waals surface area (Å²) in [5, 5.41) is 13.3. The molecule has 124 valence electrons. The highest BCUT2D eigenvalue weighted by Gasteiger charge is 2.17. The van der Waals surface area contributed by atoms with Gasteiger partial charge in [-0.25, -0.2) is 9.07 Å². The second-order valence-electron chi connectivity index (χ2n) is 5.60. The third-order valence-electron chi connectivity index (χ3n) is 3.99. The molecular weight excluding hydrogens is 307 g/mol. The van der Waals surface area contributed by atoms with Gasteiger partial charge in [-0.3, -0.25) is 0 Å². The van der Waals surface area contributed by atoms with Crippen molar-refractivity contribution in [3.63, 3.8) is 0 Å². The lowest BCUT2D eigenvalue weighted by molar-refractivity contribution is 0.270. The summed E-state index contributed by atoms with van der Waals surface area (Å²) >= 11 is 0. The van der Waals surface area contributed by atoms with Gasteiger partial charge in [-0.15, -0.1) is 0 Å². The lowest BCUT2D eigenvalue weighted by Crippen LogP contribution is -2.08. The van der Waals surface area contributed by atoms with Crippen molar-refractivity contribution in [3.05, 3.63) is 65.7 Å². The van der Waals surface area contributed by atoms with Gasteiger partial charge in [-0.1, -0.05) is 49.4 Å². The molecule has 0 saturated heterocycles. The van der Waals surface area contributed by atoms with Crippen molar-refractivity contribution in [1.29, 1.82) is 0 Å². The van der Waals surface area contributed by atoms with Crippen LogP contribution in [0.25, 0.3) is 11.1 Å². The Morgan fingerprint density at radius 3 is 2.62 bits per heavy atom. The van der Waals surface area contributed by atoms with Gasteiger partial charge in [0.05, 0.1) is 13.2 Å². The maximum absolute atomic E-state index is 14.5. The largest absolute Gasteiger partial charge is 0.394 e. The molecular formula is C18H19FN4O. The minimum atomic E-state index is -0.284. The summed E-state index contributed by atoms with van der Waals surface area (Å²) in [4.78, 5) is 4.21. The average molecular weight is 326 g/mol. The number of aromatic nitrogens is 3. The molecule has 0 radical (unpaired) electrons. The van der Waals surface area contributed by atoms with Crippen LogP contribution >= 0.6 is 0 Å². The number of aliphatic hydroxyl groups excluding tert-OH is 1. The summed E-state index contributed by atoms with van der Waals surface area (Å²) in [6.07, 6.45) is 0. The molecule has 6 heteroatoms. The predicted molar refractivity (Wildman–Crippen MR) is 90.9 cm³/mol. The Morgan fingerprint density at radius 1 is 1.21 bits per heavy atom. The number of rotatable bonds is 5. The first-order chi connectivity index (χ1) is 11.6. The number of nitrogens with two attached hydrogens (primary N) is 1. The number of nitrogens with zero attached hydrogens (tertiary/aromatic N) is 3. The van der Waals surface area contributed by atoms with Crippen LogP contribution in [0.15, 0.2) is 48.5 Å². The lowest BCUT2D eigenvalue weighted by atomic mass is 9.96. The van der Waals surface area contributed by atoms with Gasteiger partial charge >= 0.3 is 0 Å². The fourth-order valence-corrected chi connectivity index (χ4v) is 2.62. The molecule has 0 amide bonds. The van der Waals surface area contributed by atoms with E-state index < -0.39 is 0 Å². The molecule has 1 unspecified atom stereocenters. The van der Waals surface area contributed by atoms with Crippen molar-refractivity contribution in [1.82, 2.24) is 14.8 Å². The Morgan fingerprint density at radius 2 is 1.96 bits per heavy atom. The highest BCUT2D eigenvalue weighted by molar-refractivity contribution is 5.64. The first-order valence-electron chi connectivity index (χ1n) is 7.76. The van der Waals surface area contributed by atoms with Crippen LogP contribution in [-0.4, -0.2) is 26.5 Å². The van der Waals surface area contributed by atoms with Crippen LogP contribution in [-0.2, 0) is 6.54 Å². The van der Waals surface area contributed by atoms with E-state index >= 15 is 0 Å². The van der Waals surface area contributed by atoms with Gasteiger partial charge in [0.15, 0.2) is 5.82 Å². The molecule has 0 fully saturated rings. The third-order valence-corrected chi connectivity index (χ3v) is 3.99. The summed E-state index contributed by atoms with van der Waals surface area (Å²) in [5.41, 5.74) is 7.95. The number of benzene rings is 2. The van der Waals surface area contributed by atoms with E-state index in [0.29, 0.717) is 11.4 Å². The van der Waals surface area contributed by atoms with Gasteiger partial charge in [-0.2, -0.15) is 10.1 Å². The maximum Gasteiger partial charge on any atom is 0.218 e. The van der Waals surface area contributed by atoms with Crippen molar-refractivity contribution in [2.75, 3.05) is 12.3 Å². The summed E-state index contributed by atoms with van der Waals surface area (Å²) in [5.74, 6) is 0.264. The molecule has 0 aliphatic rings. The summed E-state index contributed by atoms with van der Waals surface area (Å²) < 4.78 is 16.0. The first-order valence-corrected chi connectivity index (χ1v) is 7.76. The Labute approximate surface area is 139 Å². The Balaban J connectivity index is 1.90. The van der Waals surface area contributed by atoms with Crippen molar-refractivity contribution in [2.45, 2.75) is 19.4 Å². The normalized spacial score (nSPS) is 12.3. The molecule has 0 bridgehead atoms. The Kier molecular flexibility index (Phi) is 4.57. The molecule has 1 aromatic heterocycles. The van der Waals surface area contributed by atoms with E-state index in [1.165, 1.54) is 10.7 Å². The molecule has 3 rings (SSSR count). The molecule has 0 aliphatic carbocycles. The smallest absolute Gasteiger partial charge is 0.218 e. The van der Waals surface area contributed by atoms with Crippen LogP contribution in [0.1, 0.15) is 24.2 Å². The summed E-state index contributed by atoms with van der Waals surface area (Å²) in [7, 11) is 0. The fraction of sp³-hybridized carbons (Fsp3) is 0.222. The molecule has 1 heterocycles. The highest BCUT2D eigenvalue weighted by atomic mass is 19.1. The molecule has 2 aromatic carbocycles. The van der Waals surface area contributed by atoms with Gasteiger partial charge in [0.25, 0.3) is 0 Å². The molecule has 1 atom stereocenters. The number of aliphatic hydroxyl groups is 1. The molecule has 24 heavy (non-hydrogen) atoms. The zero-order valence-corrected chi connectivity index (χ0v) is 13.4. The zero-order valence-electron chi connectivity index (χ0n) is 13.4. The van der Waals surface area contributed by atoms with Crippen LogP contribution in [0.4, 0.5) is 10.3 Å². The number of nitrogen functional groups attached to an aromatic ring is 1. The molecule has 0 aliphatic heterocycles. The van der Waals surface area contributed by atoms with Crippen LogP contribution in [0, 0.1) is 5.82 Å². The summed E-state index contributed by atoms with van der Waals surface area (Å²) in [6.45, 7) is 2.11. The molecule has 3 aromatic rings. The second-order valence-corrected chi connectivity index (χ2v) is 5.60. The number of halogens is 1. The second kappa shape index (κ2) is 6.80. The third kappa shape index (κ3) is 3.14. The van der Waals surface area contributed by atoms with Gasteiger partial charge in [0.1, 0.15) is 5.82 Å². The van der Waals surface area contributed by atoms with E-state index in [9.17, 15) is 4.39 Å².